The summed E-state index contributed by atoms with van der Waals surface area (Å²) in [4.78, 5) is 11.1. The lowest BCUT2D eigenvalue weighted by Gasteiger charge is -2.00. The molecule has 0 fully saturated rings. The van der Waals surface area contributed by atoms with Gasteiger partial charge in [0.25, 0.3) is 0 Å². The van der Waals surface area contributed by atoms with Crippen molar-refractivity contribution in [2.45, 2.75) is 13.3 Å². The van der Waals surface area contributed by atoms with Crippen LogP contribution in [-0.4, -0.2) is 32.2 Å². The van der Waals surface area contributed by atoms with Crippen molar-refractivity contribution in [1.82, 2.24) is 14.9 Å². The molecule has 0 saturated carbocycles. The number of hydrogen-bond donors (Lipinski definition) is 2. The highest BCUT2D eigenvalue weighted by Gasteiger charge is 2.07. The predicted octanol–water partition coefficient (Wildman–Crippen LogP) is 2.08. The van der Waals surface area contributed by atoms with Gasteiger partial charge in [0, 0.05) is 12.0 Å². The topological polar surface area (TPSA) is 83.3 Å². The number of aromatic nitrogens is 3. The van der Waals surface area contributed by atoms with Gasteiger partial charge >= 0.3 is 5.97 Å². The Morgan fingerprint density at radius 1 is 1.58 bits per heavy atom. The summed E-state index contributed by atoms with van der Waals surface area (Å²) in [7, 11) is 0. The van der Waals surface area contributed by atoms with Crippen LogP contribution in [0, 0.1) is 4.77 Å². The van der Waals surface area contributed by atoms with Gasteiger partial charge in [-0.1, -0.05) is 25.1 Å². The van der Waals surface area contributed by atoms with Crippen molar-refractivity contribution < 1.29 is 9.90 Å². The number of H-pyrrole nitrogens is 1. The molecule has 7 heteroatoms. The fourth-order valence-electron chi connectivity index (χ4n) is 1.60. The van der Waals surface area contributed by atoms with Crippen molar-refractivity contribution >= 4 is 24.4 Å². The van der Waals surface area contributed by atoms with E-state index in [1.165, 1.54) is 17.0 Å². The monoisotopic (exact) mass is 276 g/mol. The fourth-order valence-corrected chi connectivity index (χ4v) is 1.79. The van der Waals surface area contributed by atoms with Crippen molar-refractivity contribution in [3.8, 4) is 0 Å². The SMILES string of the molecule is CCc1n[nH]c(=S)n1/N=C/c1ccccc1C(=O)O. The normalized spacial score (nSPS) is 11.0. The first-order valence-corrected chi connectivity index (χ1v) is 6.07. The molecule has 1 aromatic carbocycles. The standard InChI is InChI=1S/C12H12N4O2S/c1-2-10-14-15-12(19)16(10)13-7-8-5-3-4-6-9(8)11(17)18/h3-7H,2H2,1H3,(H,15,19)(H,17,18)/b13-7+. The van der Waals surface area contributed by atoms with Crippen LogP contribution in [0.25, 0.3) is 0 Å². The molecule has 0 aliphatic heterocycles. The highest BCUT2D eigenvalue weighted by Crippen LogP contribution is 2.07. The van der Waals surface area contributed by atoms with Gasteiger partial charge in [-0.15, -0.1) is 0 Å². The number of rotatable bonds is 4. The molecule has 6 nitrogen and oxygen atoms in total. The number of hydrogen-bond acceptors (Lipinski definition) is 4. The molecule has 0 aliphatic carbocycles. The van der Waals surface area contributed by atoms with Gasteiger partial charge < -0.3 is 5.11 Å². The number of nitrogens with zero attached hydrogens (tertiary/aromatic N) is 3. The van der Waals surface area contributed by atoms with Crippen LogP contribution in [0.5, 0.6) is 0 Å². The molecule has 0 radical (unpaired) electrons. The Balaban J connectivity index is 2.41. The number of aryl methyl sites for hydroxylation is 1. The average Bonchev–Trinajstić information content (AvgIpc) is 2.77. The van der Waals surface area contributed by atoms with Crippen LogP contribution < -0.4 is 0 Å². The summed E-state index contributed by atoms with van der Waals surface area (Å²) in [5.74, 6) is -0.303. The second-order valence-electron chi connectivity index (χ2n) is 3.75. The quantitative estimate of drug-likeness (QED) is 0.661. The minimum atomic E-state index is -0.992. The van der Waals surface area contributed by atoms with E-state index >= 15 is 0 Å². The van der Waals surface area contributed by atoms with E-state index in [-0.39, 0.29) is 5.56 Å². The molecule has 2 rings (SSSR count). The molecule has 2 N–H and O–H groups in total. The molecular weight excluding hydrogens is 264 g/mol. The lowest BCUT2D eigenvalue weighted by Crippen LogP contribution is -2.03. The molecule has 0 aliphatic rings. The molecule has 1 aromatic heterocycles. The number of nitrogens with one attached hydrogen (secondary N) is 1. The van der Waals surface area contributed by atoms with E-state index in [1.54, 1.807) is 18.2 Å². The first-order valence-electron chi connectivity index (χ1n) is 5.66. The van der Waals surface area contributed by atoms with Crippen molar-refractivity contribution in [3.63, 3.8) is 0 Å². The highest BCUT2D eigenvalue weighted by atomic mass is 32.1. The molecule has 0 saturated heterocycles. The number of aromatic amines is 1. The molecule has 0 spiro atoms. The average molecular weight is 276 g/mol. The maximum atomic E-state index is 11.1. The number of aromatic carboxylic acids is 1. The summed E-state index contributed by atoms with van der Waals surface area (Å²) in [6.07, 6.45) is 2.14. The van der Waals surface area contributed by atoms with E-state index in [2.05, 4.69) is 15.3 Å². The molecule has 0 bridgehead atoms. The Hall–Kier alpha value is -2.28. The third-order valence-electron chi connectivity index (χ3n) is 2.54. The van der Waals surface area contributed by atoms with Gasteiger partial charge in [0.05, 0.1) is 11.8 Å². The lowest BCUT2D eigenvalue weighted by molar-refractivity contribution is 0.0697. The van der Waals surface area contributed by atoms with Crippen LogP contribution in [0.3, 0.4) is 0 Å². The van der Waals surface area contributed by atoms with E-state index in [9.17, 15) is 4.79 Å². The molecule has 0 atom stereocenters. The largest absolute Gasteiger partial charge is 0.478 e. The van der Waals surface area contributed by atoms with Gasteiger partial charge in [0.2, 0.25) is 4.77 Å². The van der Waals surface area contributed by atoms with Gasteiger partial charge in [-0.05, 0) is 18.3 Å². The third kappa shape index (κ3) is 2.76. The molecule has 1 heterocycles. The van der Waals surface area contributed by atoms with Crippen LogP contribution in [0.4, 0.5) is 0 Å². The van der Waals surface area contributed by atoms with Gasteiger partial charge in [-0.2, -0.15) is 14.9 Å². The van der Waals surface area contributed by atoms with Crippen molar-refractivity contribution in [3.05, 3.63) is 46.0 Å². The minimum Gasteiger partial charge on any atom is -0.478 e. The predicted molar refractivity (Wildman–Crippen MR) is 73.2 cm³/mol. The summed E-state index contributed by atoms with van der Waals surface area (Å²) in [5.41, 5.74) is 0.708. The molecule has 19 heavy (non-hydrogen) atoms. The van der Waals surface area contributed by atoms with Crippen LogP contribution >= 0.6 is 12.2 Å². The Morgan fingerprint density at radius 2 is 2.32 bits per heavy atom. The van der Waals surface area contributed by atoms with E-state index in [0.29, 0.717) is 22.6 Å². The van der Waals surface area contributed by atoms with Crippen LogP contribution in [0.1, 0.15) is 28.7 Å². The Labute approximate surface area is 114 Å². The minimum absolute atomic E-state index is 0.194. The summed E-state index contributed by atoms with van der Waals surface area (Å²) in [6.45, 7) is 1.93. The van der Waals surface area contributed by atoms with E-state index < -0.39 is 5.97 Å². The van der Waals surface area contributed by atoms with E-state index in [1.807, 2.05) is 6.92 Å². The number of carbonyl (C=O) groups is 1. The van der Waals surface area contributed by atoms with Gasteiger partial charge in [-0.25, -0.2) is 4.79 Å². The number of carboxylic acids is 1. The van der Waals surface area contributed by atoms with Gasteiger partial charge in [0.1, 0.15) is 0 Å². The van der Waals surface area contributed by atoms with E-state index in [4.69, 9.17) is 17.3 Å². The van der Waals surface area contributed by atoms with Gasteiger partial charge in [-0.3, -0.25) is 5.10 Å². The molecule has 0 amide bonds. The first-order chi connectivity index (χ1) is 9.13. The van der Waals surface area contributed by atoms with Crippen LogP contribution in [0.2, 0.25) is 0 Å². The van der Waals surface area contributed by atoms with E-state index in [0.717, 1.165) is 0 Å². The first kappa shape index (κ1) is 13.2. The molecule has 98 valence electrons. The smallest absolute Gasteiger partial charge is 0.336 e. The third-order valence-corrected chi connectivity index (χ3v) is 2.80. The number of carboxylic acid groups (broad SMARTS) is 1. The zero-order valence-corrected chi connectivity index (χ0v) is 11.0. The summed E-state index contributed by atoms with van der Waals surface area (Å²) in [6, 6.07) is 6.63. The van der Waals surface area contributed by atoms with Gasteiger partial charge in [0.15, 0.2) is 5.82 Å². The maximum absolute atomic E-state index is 11.1. The zero-order chi connectivity index (χ0) is 13.8. The summed E-state index contributed by atoms with van der Waals surface area (Å²) < 4.78 is 1.86. The Bertz CT molecular complexity index is 687. The highest BCUT2D eigenvalue weighted by molar-refractivity contribution is 7.71. The second kappa shape index (κ2) is 5.57. The van der Waals surface area contributed by atoms with Crippen LogP contribution in [-0.2, 0) is 6.42 Å². The van der Waals surface area contributed by atoms with Crippen molar-refractivity contribution in [1.29, 1.82) is 0 Å². The second-order valence-corrected chi connectivity index (χ2v) is 4.13. The lowest BCUT2D eigenvalue weighted by atomic mass is 10.1. The summed E-state index contributed by atoms with van der Waals surface area (Å²) in [5, 5.41) is 19.9. The summed E-state index contributed by atoms with van der Waals surface area (Å²) >= 11 is 5.05. The molecule has 0 unspecified atom stereocenters. The fraction of sp³-hybridized carbons (Fsp3) is 0.167. The zero-order valence-electron chi connectivity index (χ0n) is 10.2. The Morgan fingerprint density at radius 3 is 3.00 bits per heavy atom. The molecule has 2 aromatic rings. The van der Waals surface area contributed by atoms with Crippen LogP contribution in [0.15, 0.2) is 29.4 Å². The van der Waals surface area contributed by atoms with Crippen molar-refractivity contribution in [2.24, 2.45) is 5.10 Å². The number of benzene rings is 1. The Kier molecular flexibility index (Phi) is 3.86. The van der Waals surface area contributed by atoms with Crippen molar-refractivity contribution in [2.75, 3.05) is 0 Å². The molecular formula is C12H12N4O2S. The maximum Gasteiger partial charge on any atom is 0.336 e.